The van der Waals surface area contributed by atoms with Gasteiger partial charge in [0.25, 0.3) is 0 Å². The highest BCUT2D eigenvalue weighted by atomic mass is 35.5. The molecule has 2 aromatic carbocycles. The van der Waals surface area contributed by atoms with E-state index < -0.39 is 0 Å². The van der Waals surface area contributed by atoms with Gasteiger partial charge in [-0.2, -0.15) is 5.10 Å². The number of fused-ring (bicyclic) bond motifs is 1. The lowest BCUT2D eigenvalue weighted by molar-refractivity contribution is 0.190. The van der Waals surface area contributed by atoms with Crippen LogP contribution in [-0.2, 0) is 11.8 Å². The number of hydrazone groups is 1. The van der Waals surface area contributed by atoms with Crippen LogP contribution in [0.25, 0.3) is 0 Å². The number of hydrogen-bond donors (Lipinski definition) is 0. The fourth-order valence-electron chi connectivity index (χ4n) is 3.18. The highest BCUT2D eigenvalue weighted by molar-refractivity contribution is 6.30. The van der Waals surface area contributed by atoms with Crippen LogP contribution in [0.15, 0.2) is 47.6 Å². The summed E-state index contributed by atoms with van der Waals surface area (Å²) in [5.74, 6) is 0. The minimum atomic E-state index is -0.162. The standard InChI is InChI=1S/C22H26ClN3O/c1-15-12-16-6-7-18(22(2,3)4)13-17(16)14-24-26(15)21(27)25(5)20-10-8-19(23)9-11-20/h6-11,13-15H,12H2,1-5H3. The molecule has 0 aliphatic carbocycles. The van der Waals surface area contributed by atoms with Gasteiger partial charge in [0.15, 0.2) is 0 Å². The third-order valence-corrected chi connectivity index (χ3v) is 5.21. The van der Waals surface area contributed by atoms with E-state index >= 15 is 0 Å². The summed E-state index contributed by atoms with van der Waals surface area (Å²) in [5, 5.41) is 6.73. The summed E-state index contributed by atoms with van der Waals surface area (Å²) >= 11 is 5.95. The van der Waals surface area contributed by atoms with Gasteiger partial charge in [0.2, 0.25) is 0 Å². The number of nitrogens with zero attached hydrogens (tertiary/aromatic N) is 3. The molecule has 0 saturated carbocycles. The molecule has 2 aromatic rings. The zero-order valence-electron chi connectivity index (χ0n) is 16.5. The number of carbonyl (C=O) groups is 1. The summed E-state index contributed by atoms with van der Waals surface area (Å²) in [4.78, 5) is 14.6. The molecule has 1 atom stereocenters. The SMILES string of the molecule is CC1Cc2ccc(C(C)(C)C)cc2C=NN1C(=O)N(C)c1ccc(Cl)cc1. The van der Waals surface area contributed by atoms with Gasteiger partial charge in [-0.1, -0.05) is 44.5 Å². The van der Waals surface area contributed by atoms with Gasteiger partial charge in [0.1, 0.15) is 0 Å². The molecule has 1 aliphatic rings. The molecule has 3 rings (SSSR count). The molecule has 142 valence electrons. The summed E-state index contributed by atoms with van der Waals surface area (Å²) < 4.78 is 0. The van der Waals surface area contributed by atoms with Gasteiger partial charge in [-0.05, 0) is 65.8 Å². The van der Waals surface area contributed by atoms with Crippen molar-refractivity contribution in [3.63, 3.8) is 0 Å². The van der Waals surface area contributed by atoms with Crippen molar-refractivity contribution in [3.05, 3.63) is 64.2 Å². The number of amides is 2. The summed E-state index contributed by atoms with van der Waals surface area (Å²) in [6.45, 7) is 8.62. The smallest absolute Gasteiger partial charge is 0.296 e. The Morgan fingerprint density at radius 1 is 1.19 bits per heavy atom. The van der Waals surface area contributed by atoms with E-state index in [0.717, 1.165) is 17.7 Å². The van der Waals surface area contributed by atoms with E-state index in [9.17, 15) is 4.79 Å². The first-order chi connectivity index (χ1) is 12.7. The highest BCUT2D eigenvalue weighted by Crippen LogP contribution is 2.27. The third kappa shape index (κ3) is 4.16. The average Bonchev–Trinajstić information content (AvgIpc) is 2.78. The van der Waals surface area contributed by atoms with E-state index in [1.807, 2.05) is 25.3 Å². The molecule has 0 aromatic heterocycles. The predicted octanol–water partition coefficient (Wildman–Crippen LogP) is 5.47. The monoisotopic (exact) mass is 383 g/mol. The summed E-state index contributed by atoms with van der Waals surface area (Å²) in [7, 11) is 1.75. The molecule has 4 nitrogen and oxygen atoms in total. The zero-order valence-corrected chi connectivity index (χ0v) is 17.3. The Morgan fingerprint density at radius 3 is 2.48 bits per heavy atom. The largest absolute Gasteiger partial charge is 0.344 e. The molecule has 0 N–H and O–H groups in total. The molecule has 0 radical (unpaired) electrons. The Balaban J connectivity index is 1.87. The first-order valence-corrected chi connectivity index (χ1v) is 9.54. The number of anilines is 1. The number of hydrogen-bond acceptors (Lipinski definition) is 2. The maximum Gasteiger partial charge on any atom is 0.344 e. The van der Waals surface area contributed by atoms with Crippen LogP contribution in [0.5, 0.6) is 0 Å². The first kappa shape index (κ1) is 19.4. The van der Waals surface area contributed by atoms with Crippen molar-refractivity contribution in [1.29, 1.82) is 0 Å². The normalized spacial score (nSPS) is 16.7. The topological polar surface area (TPSA) is 35.9 Å². The van der Waals surface area contributed by atoms with Crippen molar-refractivity contribution in [1.82, 2.24) is 5.01 Å². The van der Waals surface area contributed by atoms with Crippen LogP contribution in [0.4, 0.5) is 10.5 Å². The molecule has 5 heteroatoms. The molecular weight excluding hydrogens is 358 g/mol. The molecule has 27 heavy (non-hydrogen) atoms. The van der Waals surface area contributed by atoms with Crippen LogP contribution in [-0.4, -0.2) is 30.3 Å². The van der Waals surface area contributed by atoms with E-state index in [2.05, 4.69) is 44.1 Å². The van der Waals surface area contributed by atoms with Crippen molar-refractivity contribution in [3.8, 4) is 0 Å². The molecular formula is C22H26ClN3O. The van der Waals surface area contributed by atoms with Gasteiger partial charge in [0.05, 0.1) is 12.3 Å². The molecule has 0 bridgehead atoms. The number of carbonyl (C=O) groups excluding carboxylic acids is 1. The first-order valence-electron chi connectivity index (χ1n) is 9.16. The second-order valence-corrected chi connectivity index (χ2v) is 8.56. The fourth-order valence-corrected chi connectivity index (χ4v) is 3.30. The second kappa shape index (κ2) is 7.35. The Bertz CT molecular complexity index is 868. The molecule has 1 heterocycles. The molecule has 0 saturated heterocycles. The lowest BCUT2D eigenvalue weighted by Crippen LogP contribution is -2.43. The molecule has 1 unspecified atom stereocenters. The summed E-state index contributed by atoms with van der Waals surface area (Å²) in [6.07, 6.45) is 2.57. The van der Waals surface area contributed by atoms with Crippen molar-refractivity contribution >= 4 is 29.5 Å². The minimum absolute atomic E-state index is 0.0368. The van der Waals surface area contributed by atoms with Crippen molar-refractivity contribution in [2.75, 3.05) is 11.9 Å². The van der Waals surface area contributed by atoms with Crippen molar-refractivity contribution in [2.24, 2.45) is 5.10 Å². The van der Waals surface area contributed by atoms with Gasteiger partial charge in [-0.15, -0.1) is 0 Å². The number of benzene rings is 2. The lowest BCUT2D eigenvalue weighted by Gasteiger charge is -2.28. The molecule has 2 amide bonds. The number of urea groups is 1. The molecule has 0 fully saturated rings. The summed E-state index contributed by atoms with van der Waals surface area (Å²) in [5.41, 5.74) is 4.41. The van der Waals surface area contributed by atoms with Crippen molar-refractivity contribution in [2.45, 2.75) is 45.6 Å². The lowest BCUT2D eigenvalue weighted by atomic mass is 9.85. The van der Waals surface area contributed by atoms with E-state index in [0.29, 0.717) is 5.02 Å². The Morgan fingerprint density at radius 2 is 1.85 bits per heavy atom. The quantitative estimate of drug-likeness (QED) is 0.642. The van der Waals surface area contributed by atoms with E-state index in [4.69, 9.17) is 11.6 Å². The number of halogens is 1. The number of rotatable bonds is 1. The second-order valence-electron chi connectivity index (χ2n) is 8.12. The summed E-state index contributed by atoms with van der Waals surface area (Å²) in [6, 6.07) is 13.5. The van der Waals surface area contributed by atoms with E-state index in [1.54, 1.807) is 29.1 Å². The van der Waals surface area contributed by atoms with Gasteiger partial charge < -0.3 is 0 Å². The maximum absolute atomic E-state index is 13.0. The van der Waals surface area contributed by atoms with Crippen LogP contribution >= 0.6 is 11.6 Å². The maximum atomic E-state index is 13.0. The minimum Gasteiger partial charge on any atom is -0.296 e. The van der Waals surface area contributed by atoms with Crippen LogP contribution in [0.2, 0.25) is 5.02 Å². The third-order valence-electron chi connectivity index (χ3n) is 4.96. The van der Waals surface area contributed by atoms with Crippen LogP contribution in [0.3, 0.4) is 0 Å². The van der Waals surface area contributed by atoms with E-state index in [1.165, 1.54) is 11.1 Å². The van der Waals surface area contributed by atoms with Gasteiger partial charge >= 0.3 is 6.03 Å². The van der Waals surface area contributed by atoms with Crippen LogP contribution in [0, 0.1) is 0 Å². The highest BCUT2D eigenvalue weighted by Gasteiger charge is 2.27. The predicted molar refractivity (Wildman–Crippen MR) is 113 cm³/mol. The molecule has 0 spiro atoms. The van der Waals surface area contributed by atoms with Crippen molar-refractivity contribution < 1.29 is 4.79 Å². The van der Waals surface area contributed by atoms with Gasteiger partial charge in [-0.3, -0.25) is 4.90 Å². The van der Waals surface area contributed by atoms with Crippen LogP contribution in [0.1, 0.15) is 44.4 Å². The van der Waals surface area contributed by atoms with Crippen LogP contribution < -0.4 is 4.90 Å². The fraction of sp³-hybridized carbons (Fsp3) is 0.364. The van der Waals surface area contributed by atoms with Gasteiger partial charge in [-0.25, -0.2) is 9.80 Å². The Kier molecular flexibility index (Phi) is 5.29. The van der Waals surface area contributed by atoms with Gasteiger partial charge in [0, 0.05) is 17.8 Å². The van der Waals surface area contributed by atoms with E-state index in [-0.39, 0.29) is 17.5 Å². The average molecular weight is 384 g/mol. The zero-order chi connectivity index (χ0) is 19.8. The Labute approximate surface area is 166 Å². The molecule has 1 aliphatic heterocycles. The Hall–Kier alpha value is -2.33.